The van der Waals surface area contributed by atoms with Crippen LogP contribution in [0.25, 0.3) is 0 Å². The molecule has 1 amide bonds. The molecule has 1 aromatic carbocycles. The number of carboxylic acids is 1. The molecule has 31 heavy (non-hydrogen) atoms. The molecular weight excluding hydrogens is 404 g/mol. The fourth-order valence-corrected chi connectivity index (χ4v) is 3.29. The van der Waals surface area contributed by atoms with Crippen LogP contribution in [0.15, 0.2) is 22.7 Å². The van der Waals surface area contributed by atoms with Crippen molar-refractivity contribution in [2.75, 3.05) is 33.4 Å². The number of aryl methyl sites for hydroxylation is 1. The number of hydrogen-bond acceptors (Lipinski definition) is 8. The van der Waals surface area contributed by atoms with Gasteiger partial charge in [-0.25, -0.2) is 0 Å². The van der Waals surface area contributed by atoms with Gasteiger partial charge in [0, 0.05) is 45.5 Å². The van der Waals surface area contributed by atoms with Crippen molar-refractivity contribution in [2.45, 2.75) is 33.1 Å². The zero-order valence-corrected chi connectivity index (χ0v) is 18.2. The van der Waals surface area contributed by atoms with Crippen LogP contribution in [0.2, 0.25) is 0 Å². The van der Waals surface area contributed by atoms with Crippen molar-refractivity contribution in [3.05, 3.63) is 35.5 Å². The number of rotatable bonds is 7. The van der Waals surface area contributed by atoms with Crippen LogP contribution in [0, 0.1) is 12.8 Å². The average Bonchev–Trinajstić information content (AvgIpc) is 3.16. The minimum atomic E-state index is -0.833. The van der Waals surface area contributed by atoms with Gasteiger partial charge in [-0.2, -0.15) is 4.98 Å². The number of likely N-dealkylation sites (tertiary alicyclic amines) is 1. The lowest BCUT2D eigenvalue weighted by atomic mass is 9.93. The smallest absolute Gasteiger partial charge is 0.300 e. The Morgan fingerprint density at radius 1 is 1.29 bits per heavy atom. The predicted octanol–water partition coefficient (Wildman–Crippen LogP) is 1.91. The van der Waals surface area contributed by atoms with E-state index in [-0.39, 0.29) is 5.91 Å². The lowest BCUT2D eigenvalue weighted by molar-refractivity contribution is -0.134. The number of benzene rings is 1. The molecule has 3 N–H and O–H groups in total. The Balaban J connectivity index is 0.000000785. The highest BCUT2D eigenvalue weighted by atomic mass is 16.5. The van der Waals surface area contributed by atoms with Crippen molar-refractivity contribution >= 4 is 11.9 Å². The summed E-state index contributed by atoms with van der Waals surface area (Å²) in [4.78, 5) is 28.0. The fraction of sp³-hybridized carbons (Fsp3) is 0.524. The van der Waals surface area contributed by atoms with E-state index in [9.17, 15) is 4.79 Å². The van der Waals surface area contributed by atoms with Crippen LogP contribution in [-0.2, 0) is 11.2 Å². The van der Waals surface area contributed by atoms with E-state index in [1.807, 2.05) is 4.90 Å². The second-order valence-corrected chi connectivity index (χ2v) is 7.19. The molecule has 10 nitrogen and oxygen atoms in total. The second-order valence-electron chi connectivity index (χ2n) is 7.19. The molecule has 3 rings (SSSR count). The Kier molecular flexibility index (Phi) is 9.26. The third kappa shape index (κ3) is 7.56. The number of carboxylic acid groups (broad SMARTS) is 1. The molecule has 1 fully saturated rings. The number of amides is 1. The highest BCUT2D eigenvalue weighted by Crippen LogP contribution is 2.29. The van der Waals surface area contributed by atoms with E-state index in [0.29, 0.717) is 55.1 Å². The molecule has 0 radical (unpaired) electrons. The predicted molar refractivity (Wildman–Crippen MR) is 112 cm³/mol. The fourth-order valence-electron chi connectivity index (χ4n) is 3.29. The molecular formula is C21H30N4O6. The average molecular weight is 434 g/mol. The number of nitrogens with two attached hydrogens (primary N) is 1. The number of piperidine rings is 1. The highest BCUT2D eigenvalue weighted by Gasteiger charge is 2.25. The lowest BCUT2D eigenvalue weighted by Gasteiger charge is -2.31. The first-order valence-corrected chi connectivity index (χ1v) is 10.1. The van der Waals surface area contributed by atoms with Crippen LogP contribution < -0.4 is 15.2 Å². The molecule has 1 aliphatic rings. The summed E-state index contributed by atoms with van der Waals surface area (Å²) in [5.74, 6) is 2.10. The molecule has 0 unspecified atom stereocenters. The third-order valence-electron chi connectivity index (χ3n) is 4.73. The van der Waals surface area contributed by atoms with Gasteiger partial charge in [-0.05, 0) is 37.0 Å². The Morgan fingerprint density at radius 2 is 1.97 bits per heavy atom. The standard InChI is InChI=1S/C19H26N4O4.C2H4O2/c1-13-21-18(22-27-13)11-14-5-8-23(9-6-14)19(24)15-3-4-16(26-10-7-20)17(12-15)25-2;1-2(3)4/h3-4,12,14H,5-11,20H2,1-2H3;1H3,(H,3,4). The van der Waals surface area contributed by atoms with Crippen LogP contribution in [0.1, 0.15) is 41.8 Å². The Bertz CT molecular complexity index is 857. The number of aromatic nitrogens is 2. The van der Waals surface area contributed by atoms with Crippen molar-refractivity contribution in [1.82, 2.24) is 15.0 Å². The molecule has 0 bridgehead atoms. The SMILES string of the molecule is CC(=O)O.COc1cc(C(=O)N2CCC(Cc3noc(C)n3)CC2)ccc1OCCN. The number of methoxy groups -OCH3 is 1. The van der Waals surface area contributed by atoms with Crippen LogP contribution in [0.4, 0.5) is 0 Å². The van der Waals surface area contributed by atoms with E-state index in [1.54, 1.807) is 32.2 Å². The van der Waals surface area contributed by atoms with Gasteiger partial charge < -0.3 is 29.7 Å². The molecule has 170 valence electrons. The monoisotopic (exact) mass is 434 g/mol. The molecule has 0 saturated carbocycles. The summed E-state index contributed by atoms with van der Waals surface area (Å²) < 4.78 is 15.9. The van der Waals surface area contributed by atoms with Gasteiger partial charge in [-0.3, -0.25) is 9.59 Å². The number of nitrogens with zero attached hydrogens (tertiary/aromatic N) is 3. The van der Waals surface area contributed by atoms with Crippen LogP contribution in [-0.4, -0.2) is 65.4 Å². The van der Waals surface area contributed by atoms with Gasteiger partial charge in [-0.1, -0.05) is 5.16 Å². The molecule has 2 aromatic rings. The lowest BCUT2D eigenvalue weighted by Crippen LogP contribution is -2.39. The summed E-state index contributed by atoms with van der Waals surface area (Å²) in [5.41, 5.74) is 6.06. The van der Waals surface area contributed by atoms with Crippen LogP contribution in [0.3, 0.4) is 0 Å². The number of carbonyl (C=O) groups excluding carboxylic acids is 1. The zero-order chi connectivity index (χ0) is 22.8. The molecule has 1 aliphatic heterocycles. The third-order valence-corrected chi connectivity index (χ3v) is 4.73. The van der Waals surface area contributed by atoms with Crippen molar-refractivity contribution in [3.63, 3.8) is 0 Å². The van der Waals surface area contributed by atoms with Gasteiger partial charge in [-0.15, -0.1) is 0 Å². The zero-order valence-electron chi connectivity index (χ0n) is 18.2. The van der Waals surface area contributed by atoms with Gasteiger partial charge in [0.05, 0.1) is 7.11 Å². The van der Waals surface area contributed by atoms with E-state index < -0.39 is 5.97 Å². The number of hydrogen-bond donors (Lipinski definition) is 2. The highest BCUT2D eigenvalue weighted by molar-refractivity contribution is 5.95. The van der Waals surface area contributed by atoms with E-state index in [0.717, 1.165) is 32.0 Å². The van der Waals surface area contributed by atoms with Crippen molar-refractivity contribution in [3.8, 4) is 11.5 Å². The summed E-state index contributed by atoms with van der Waals surface area (Å²) in [6.45, 7) is 5.12. The van der Waals surface area contributed by atoms with E-state index in [2.05, 4.69) is 10.1 Å². The van der Waals surface area contributed by atoms with Gasteiger partial charge in [0.1, 0.15) is 6.61 Å². The van der Waals surface area contributed by atoms with Crippen LogP contribution in [0.5, 0.6) is 11.5 Å². The van der Waals surface area contributed by atoms with Gasteiger partial charge in [0.15, 0.2) is 17.3 Å². The van der Waals surface area contributed by atoms with Crippen molar-refractivity contribution in [1.29, 1.82) is 0 Å². The molecule has 1 saturated heterocycles. The molecule has 1 aromatic heterocycles. The summed E-state index contributed by atoms with van der Waals surface area (Å²) in [7, 11) is 1.56. The summed E-state index contributed by atoms with van der Waals surface area (Å²) in [5, 5.41) is 11.4. The summed E-state index contributed by atoms with van der Waals surface area (Å²) in [6, 6.07) is 5.25. The van der Waals surface area contributed by atoms with E-state index in [4.69, 9.17) is 29.6 Å². The largest absolute Gasteiger partial charge is 0.493 e. The van der Waals surface area contributed by atoms with Gasteiger partial charge >= 0.3 is 0 Å². The first-order chi connectivity index (χ1) is 14.8. The second kappa shape index (κ2) is 11.9. The first-order valence-electron chi connectivity index (χ1n) is 10.1. The topological polar surface area (TPSA) is 141 Å². The minimum Gasteiger partial charge on any atom is -0.493 e. The van der Waals surface area contributed by atoms with Gasteiger partial charge in [0.25, 0.3) is 11.9 Å². The summed E-state index contributed by atoms with van der Waals surface area (Å²) >= 11 is 0. The number of ether oxygens (including phenoxy) is 2. The van der Waals surface area contributed by atoms with E-state index in [1.165, 1.54) is 0 Å². The quantitative estimate of drug-likeness (QED) is 0.668. The normalized spacial score (nSPS) is 13.9. The Morgan fingerprint density at radius 3 is 2.52 bits per heavy atom. The molecule has 0 atom stereocenters. The maximum atomic E-state index is 12.8. The molecule has 0 spiro atoms. The number of carbonyl (C=O) groups is 2. The number of aliphatic carboxylic acids is 1. The molecule has 10 heteroatoms. The van der Waals surface area contributed by atoms with Crippen LogP contribution >= 0.6 is 0 Å². The molecule has 2 heterocycles. The Labute approximate surface area is 181 Å². The van der Waals surface area contributed by atoms with E-state index >= 15 is 0 Å². The maximum absolute atomic E-state index is 12.8. The van der Waals surface area contributed by atoms with Crippen molar-refractivity contribution in [2.24, 2.45) is 11.7 Å². The van der Waals surface area contributed by atoms with Crippen molar-refractivity contribution < 1.29 is 28.7 Å². The first kappa shape index (κ1) is 24.1. The minimum absolute atomic E-state index is 0.00697. The summed E-state index contributed by atoms with van der Waals surface area (Å²) in [6.07, 6.45) is 2.64. The molecule has 0 aliphatic carbocycles. The van der Waals surface area contributed by atoms with Gasteiger partial charge in [0.2, 0.25) is 5.89 Å². The maximum Gasteiger partial charge on any atom is 0.300 e. The Hall–Kier alpha value is -3.14.